The predicted molar refractivity (Wildman–Crippen MR) is 147 cm³/mol. The highest BCUT2D eigenvalue weighted by Gasteiger charge is 2.31. The highest BCUT2D eigenvalue weighted by molar-refractivity contribution is 5.95. The Morgan fingerprint density at radius 2 is 1.61 bits per heavy atom. The number of carboxylic acid groups (broad SMARTS) is 1. The second kappa shape index (κ2) is 11.3. The van der Waals surface area contributed by atoms with Crippen LogP contribution in [0.1, 0.15) is 60.9 Å². The second-order valence-electron chi connectivity index (χ2n) is 9.97. The van der Waals surface area contributed by atoms with E-state index in [0.29, 0.717) is 43.5 Å². The Hall–Kier alpha value is -3.05. The topological polar surface area (TPSA) is 60.9 Å². The molecule has 2 aliphatic rings. The van der Waals surface area contributed by atoms with Crippen molar-refractivity contribution in [3.8, 4) is 0 Å². The van der Waals surface area contributed by atoms with Gasteiger partial charge in [-0.05, 0) is 74.1 Å². The van der Waals surface area contributed by atoms with Gasteiger partial charge < -0.3 is 14.9 Å². The van der Waals surface area contributed by atoms with Crippen molar-refractivity contribution in [2.24, 2.45) is 5.92 Å². The zero-order valence-electron chi connectivity index (χ0n) is 20.8. The number of anilines is 1. The van der Waals surface area contributed by atoms with Gasteiger partial charge in [0.2, 0.25) is 0 Å². The number of aliphatic carboxylic acids is 1. The van der Waals surface area contributed by atoms with Crippen LogP contribution in [0.2, 0.25) is 0 Å². The molecule has 0 spiro atoms. The molecule has 5 nitrogen and oxygen atoms in total. The molecule has 1 heterocycles. The van der Waals surface area contributed by atoms with Gasteiger partial charge >= 0.3 is 5.97 Å². The summed E-state index contributed by atoms with van der Waals surface area (Å²) in [6.07, 6.45) is 4.51. The molecule has 0 bridgehead atoms. The van der Waals surface area contributed by atoms with Gasteiger partial charge in [-0.3, -0.25) is 9.59 Å². The molecule has 0 aromatic heterocycles. The van der Waals surface area contributed by atoms with E-state index in [1.54, 1.807) is 4.90 Å². The van der Waals surface area contributed by atoms with Gasteiger partial charge in [0.1, 0.15) is 0 Å². The van der Waals surface area contributed by atoms with Crippen molar-refractivity contribution < 1.29 is 14.7 Å². The van der Waals surface area contributed by atoms with Gasteiger partial charge in [0.05, 0.1) is 5.92 Å². The van der Waals surface area contributed by atoms with E-state index in [1.807, 2.05) is 12.1 Å². The Bertz CT molecular complexity index is 1200. The lowest BCUT2D eigenvalue weighted by Gasteiger charge is -2.31. The van der Waals surface area contributed by atoms with E-state index in [0.717, 1.165) is 19.4 Å². The Labute approximate surface area is 219 Å². The number of amides is 1. The molecule has 2 unspecified atom stereocenters. The molecule has 6 heteroatoms. The van der Waals surface area contributed by atoms with Gasteiger partial charge in [-0.25, -0.2) is 0 Å². The highest BCUT2D eigenvalue weighted by Crippen LogP contribution is 2.40. The average Bonchev–Trinajstić information content (AvgIpc) is 3.39. The lowest BCUT2D eigenvalue weighted by atomic mass is 9.94. The fraction of sp³-hybridized carbons (Fsp3) is 0.400. The Balaban J connectivity index is 0.00000304. The zero-order chi connectivity index (χ0) is 24.4. The SMILES string of the molecule is CCN(c1cccc2ccccc12)C1CCC(c2ccc(C(=O)N3CCC(C(=O)O)CC3)cc2)C1.Cl. The summed E-state index contributed by atoms with van der Waals surface area (Å²) in [5.41, 5.74) is 3.33. The number of carboxylic acids is 1. The lowest BCUT2D eigenvalue weighted by Crippen LogP contribution is -2.40. The maximum Gasteiger partial charge on any atom is 0.306 e. The highest BCUT2D eigenvalue weighted by atomic mass is 35.5. The number of rotatable bonds is 6. The Kier molecular flexibility index (Phi) is 8.20. The molecule has 3 aromatic rings. The first kappa shape index (κ1) is 26.0. The third-order valence-corrected chi connectivity index (χ3v) is 8.02. The molecule has 36 heavy (non-hydrogen) atoms. The Morgan fingerprint density at radius 3 is 2.31 bits per heavy atom. The van der Waals surface area contributed by atoms with E-state index in [4.69, 9.17) is 0 Å². The van der Waals surface area contributed by atoms with Crippen LogP contribution in [0.4, 0.5) is 5.69 Å². The van der Waals surface area contributed by atoms with Crippen LogP contribution in [0.25, 0.3) is 10.8 Å². The summed E-state index contributed by atoms with van der Waals surface area (Å²) in [6, 6.07) is 23.9. The number of carbonyl (C=O) groups is 2. The molecular formula is C30H35ClN2O3. The van der Waals surface area contributed by atoms with E-state index in [1.165, 1.54) is 28.4 Å². The van der Waals surface area contributed by atoms with Crippen molar-refractivity contribution in [3.05, 3.63) is 77.9 Å². The van der Waals surface area contributed by atoms with E-state index in [2.05, 4.69) is 66.4 Å². The summed E-state index contributed by atoms with van der Waals surface area (Å²) in [4.78, 5) is 28.5. The van der Waals surface area contributed by atoms with Crippen molar-refractivity contribution in [2.75, 3.05) is 24.5 Å². The summed E-state index contributed by atoms with van der Waals surface area (Å²) in [7, 11) is 0. The molecule has 2 atom stereocenters. The van der Waals surface area contributed by atoms with Gasteiger partial charge in [0.15, 0.2) is 0 Å². The molecule has 1 saturated heterocycles. The number of likely N-dealkylation sites (tertiary alicyclic amines) is 1. The fourth-order valence-electron chi connectivity index (χ4n) is 6.04. The van der Waals surface area contributed by atoms with E-state index in [9.17, 15) is 14.7 Å². The minimum Gasteiger partial charge on any atom is -0.481 e. The van der Waals surface area contributed by atoms with Crippen molar-refractivity contribution in [2.45, 2.75) is 51.0 Å². The van der Waals surface area contributed by atoms with Crippen molar-refractivity contribution in [1.82, 2.24) is 4.90 Å². The summed E-state index contributed by atoms with van der Waals surface area (Å²) >= 11 is 0. The third-order valence-electron chi connectivity index (χ3n) is 8.02. The van der Waals surface area contributed by atoms with Gasteiger partial charge in [-0.1, -0.05) is 48.5 Å². The number of carbonyl (C=O) groups excluding carboxylic acids is 1. The number of piperidine rings is 1. The van der Waals surface area contributed by atoms with Crippen LogP contribution in [0.3, 0.4) is 0 Å². The third kappa shape index (κ3) is 5.22. The van der Waals surface area contributed by atoms with Crippen LogP contribution in [0, 0.1) is 5.92 Å². The van der Waals surface area contributed by atoms with E-state index in [-0.39, 0.29) is 24.2 Å². The lowest BCUT2D eigenvalue weighted by molar-refractivity contribution is -0.143. The quantitative estimate of drug-likeness (QED) is 0.422. The molecule has 5 rings (SSSR count). The summed E-state index contributed by atoms with van der Waals surface area (Å²) in [5.74, 6) is -0.566. The molecule has 2 fully saturated rings. The molecule has 1 amide bonds. The van der Waals surface area contributed by atoms with Gasteiger partial charge in [-0.2, -0.15) is 0 Å². The van der Waals surface area contributed by atoms with Crippen LogP contribution in [-0.2, 0) is 4.79 Å². The Morgan fingerprint density at radius 1 is 0.917 bits per heavy atom. The normalized spacial score (nSPS) is 20.2. The standard InChI is InChI=1S/C30H34N2O3.ClH/c1-2-32(28-9-5-7-22-6-3-4-8-27(22)28)26-15-14-25(20-26)21-10-12-23(13-11-21)29(33)31-18-16-24(17-19-31)30(34)35;/h3-13,24-26H,2,14-20H2,1H3,(H,34,35);1H. The zero-order valence-corrected chi connectivity index (χ0v) is 21.6. The van der Waals surface area contributed by atoms with Crippen molar-refractivity contribution in [3.63, 3.8) is 0 Å². The predicted octanol–water partition coefficient (Wildman–Crippen LogP) is 6.36. The molecule has 1 aliphatic carbocycles. The number of halogens is 1. The number of hydrogen-bond donors (Lipinski definition) is 1. The molecule has 1 saturated carbocycles. The summed E-state index contributed by atoms with van der Waals surface area (Å²) in [6.45, 7) is 4.26. The van der Waals surface area contributed by atoms with Crippen LogP contribution in [-0.4, -0.2) is 47.6 Å². The number of hydrogen-bond acceptors (Lipinski definition) is 3. The largest absolute Gasteiger partial charge is 0.481 e. The van der Waals surface area contributed by atoms with Crippen molar-refractivity contribution >= 4 is 40.7 Å². The minimum atomic E-state index is -0.751. The molecule has 1 N–H and O–H groups in total. The van der Waals surface area contributed by atoms with Crippen molar-refractivity contribution in [1.29, 1.82) is 0 Å². The van der Waals surface area contributed by atoms with Gasteiger partial charge in [-0.15, -0.1) is 12.4 Å². The van der Waals surface area contributed by atoms with Crippen LogP contribution in [0.5, 0.6) is 0 Å². The number of fused-ring (bicyclic) bond motifs is 1. The maximum absolute atomic E-state index is 12.9. The van der Waals surface area contributed by atoms with Crippen LogP contribution >= 0.6 is 12.4 Å². The molecule has 190 valence electrons. The second-order valence-corrected chi connectivity index (χ2v) is 9.97. The van der Waals surface area contributed by atoms with E-state index >= 15 is 0 Å². The summed E-state index contributed by atoms with van der Waals surface area (Å²) < 4.78 is 0. The molecule has 1 aliphatic heterocycles. The first-order chi connectivity index (χ1) is 17.0. The smallest absolute Gasteiger partial charge is 0.306 e. The number of benzene rings is 3. The molecule has 0 radical (unpaired) electrons. The maximum atomic E-state index is 12.9. The molecule has 3 aromatic carbocycles. The van der Waals surface area contributed by atoms with Crippen LogP contribution < -0.4 is 4.90 Å². The van der Waals surface area contributed by atoms with Gasteiger partial charge in [0.25, 0.3) is 5.91 Å². The van der Waals surface area contributed by atoms with Crippen LogP contribution in [0.15, 0.2) is 66.7 Å². The van der Waals surface area contributed by atoms with E-state index < -0.39 is 5.97 Å². The first-order valence-electron chi connectivity index (χ1n) is 12.9. The first-order valence-corrected chi connectivity index (χ1v) is 12.9. The fourth-order valence-corrected chi connectivity index (χ4v) is 6.04. The monoisotopic (exact) mass is 506 g/mol. The number of nitrogens with zero attached hydrogens (tertiary/aromatic N) is 2. The van der Waals surface area contributed by atoms with Gasteiger partial charge in [0, 0.05) is 42.3 Å². The molecular weight excluding hydrogens is 472 g/mol. The minimum absolute atomic E-state index is 0. The summed E-state index contributed by atoms with van der Waals surface area (Å²) in [5, 5.41) is 11.8. The average molecular weight is 507 g/mol.